The molecule has 4 rings (SSSR count). The zero-order valence-electron chi connectivity index (χ0n) is 16.0. The van der Waals surface area contributed by atoms with E-state index in [0.717, 1.165) is 44.1 Å². The summed E-state index contributed by atoms with van der Waals surface area (Å²) >= 11 is 0. The van der Waals surface area contributed by atoms with E-state index in [2.05, 4.69) is 6.92 Å². The SMILES string of the molecule is CCC1CCCCN1S(=O)(=O)c1cn(C2CCCC2)nc1-c1ccccc1. The lowest BCUT2D eigenvalue weighted by Gasteiger charge is -2.33. The normalized spacial score (nSPS) is 22.3. The molecule has 1 aromatic carbocycles. The summed E-state index contributed by atoms with van der Waals surface area (Å²) in [5.41, 5.74) is 1.47. The van der Waals surface area contributed by atoms with Crippen LogP contribution in [0.5, 0.6) is 0 Å². The Morgan fingerprint density at radius 3 is 2.44 bits per heavy atom. The van der Waals surface area contributed by atoms with Crippen LogP contribution in [0.25, 0.3) is 11.3 Å². The molecule has 6 heteroatoms. The van der Waals surface area contributed by atoms with E-state index in [1.54, 1.807) is 10.5 Å². The van der Waals surface area contributed by atoms with E-state index in [4.69, 9.17) is 5.10 Å². The highest BCUT2D eigenvalue weighted by molar-refractivity contribution is 7.89. The summed E-state index contributed by atoms with van der Waals surface area (Å²) in [6.45, 7) is 2.70. The zero-order valence-corrected chi connectivity index (χ0v) is 16.9. The molecular weight excluding hydrogens is 358 g/mol. The number of nitrogens with zero attached hydrogens (tertiary/aromatic N) is 3. The molecule has 1 aliphatic carbocycles. The van der Waals surface area contributed by atoms with E-state index in [9.17, 15) is 8.42 Å². The molecule has 1 unspecified atom stereocenters. The summed E-state index contributed by atoms with van der Waals surface area (Å²) in [5.74, 6) is 0. The quantitative estimate of drug-likeness (QED) is 0.752. The third-order valence-corrected chi connectivity index (χ3v) is 8.03. The molecule has 5 nitrogen and oxygen atoms in total. The maximum atomic E-state index is 13.7. The number of aromatic nitrogens is 2. The van der Waals surface area contributed by atoms with Crippen molar-refractivity contribution in [3.63, 3.8) is 0 Å². The highest BCUT2D eigenvalue weighted by Gasteiger charge is 2.36. The Morgan fingerprint density at radius 2 is 1.74 bits per heavy atom. The van der Waals surface area contributed by atoms with Crippen LogP contribution in [-0.4, -0.2) is 35.1 Å². The van der Waals surface area contributed by atoms with E-state index in [1.807, 2.05) is 35.0 Å². The van der Waals surface area contributed by atoms with E-state index in [-0.39, 0.29) is 6.04 Å². The Labute approximate surface area is 162 Å². The molecule has 0 spiro atoms. The maximum Gasteiger partial charge on any atom is 0.247 e. The molecule has 1 saturated carbocycles. The lowest BCUT2D eigenvalue weighted by atomic mass is 10.0. The Morgan fingerprint density at radius 1 is 1.04 bits per heavy atom. The van der Waals surface area contributed by atoms with Crippen molar-refractivity contribution in [3.8, 4) is 11.3 Å². The highest BCUT2D eigenvalue weighted by Crippen LogP contribution is 2.36. The fourth-order valence-corrected chi connectivity index (χ4v) is 6.45. The minimum absolute atomic E-state index is 0.0993. The van der Waals surface area contributed by atoms with Gasteiger partial charge in [0, 0.05) is 24.3 Å². The molecule has 1 aromatic heterocycles. The molecule has 2 fully saturated rings. The van der Waals surface area contributed by atoms with Crippen molar-refractivity contribution in [1.29, 1.82) is 0 Å². The summed E-state index contributed by atoms with van der Waals surface area (Å²) in [4.78, 5) is 0.376. The second-order valence-corrected chi connectivity index (χ2v) is 9.66. The van der Waals surface area contributed by atoms with Crippen LogP contribution >= 0.6 is 0 Å². The van der Waals surface area contributed by atoms with Crippen molar-refractivity contribution in [3.05, 3.63) is 36.5 Å². The van der Waals surface area contributed by atoms with Gasteiger partial charge in [-0.1, -0.05) is 56.5 Å². The van der Waals surface area contributed by atoms with Gasteiger partial charge in [0.15, 0.2) is 0 Å². The van der Waals surface area contributed by atoms with Gasteiger partial charge in [0.25, 0.3) is 0 Å². The zero-order chi connectivity index (χ0) is 18.9. The van der Waals surface area contributed by atoms with Gasteiger partial charge in [-0.3, -0.25) is 4.68 Å². The van der Waals surface area contributed by atoms with Crippen LogP contribution < -0.4 is 0 Å². The van der Waals surface area contributed by atoms with Crippen LogP contribution in [0.1, 0.15) is 64.3 Å². The second-order valence-electron chi connectivity index (χ2n) is 7.80. The predicted octanol–water partition coefficient (Wildman–Crippen LogP) is 4.62. The summed E-state index contributed by atoms with van der Waals surface area (Å²) in [6.07, 6.45) is 10.2. The minimum Gasteiger partial charge on any atom is -0.268 e. The molecule has 2 heterocycles. The molecule has 0 N–H and O–H groups in total. The topological polar surface area (TPSA) is 55.2 Å². The number of sulfonamides is 1. The molecule has 0 bridgehead atoms. The molecular formula is C21H29N3O2S. The van der Waals surface area contributed by atoms with Crippen LogP contribution in [0.15, 0.2) is 41.4 Å². The molecule has 0 amide bonds. The number of benzene rings is 1. The first-order valence-electron chi connectivity index (χ1n) is 10.3. The number of hydrogen-bond acceptors (Lipinski definition) is 3. The average molecular weight is 388 g/mol. The third-order valence-electron chi connectivity index (χ3n) is 6.08. The number of rotatable bonds is 5. The van der Waals surface area contributed by atoms with E-state index < -0.39 is 10.0 Å². The van der Waals surface area contributed by atoms with Crippen molar-refractivity contribution < 1.29 is 8.42 Å². The van der Waals surface area contributed by atoms with E-state index in [1.165, 1.54) is 12.8 Å². The van der Waals surface area contributed by atoms with Gasteiger partial charge in [-0.05, 0) is 32.1 Å². The van der Waals surface area contributed by atoms with Crippen molar-refractivity contribution in [2.45, 2.75) is 75.3 Å². The molecule has 0 radical (unpaired) electrons. The Hall–Kier alpha value is -1.66. The molecule has 27 heavy (non-hydrogen) atoms. The van der Waals surface area contributed by atoms with E-state index >= 15 is 0 Å². The fourth-order valence-electron chi connectivity index (χ4n) is 4.54. The second kappa shape index (κ2) is 7.76. The Kier molecular flexibility index (Phi) is 5.37. The van der Waals surface area contributed by atoms with E-state index in [0.29, 0.717) is 23.2 Å². The largest absolute Gasteiger partial charge is 0.268 e. The van der Waals surface area contributed by atoms with Gasteiger partial charge < -0.3 is 0 Å². The van der Waals surface area contributed by atoms with Crippen molar-refractivity contribution in [2.24, 2.45) is 0 Å². The lowest BCUT2D eigenvalue weighted by Crippen LogP contribution is -2.43. The first kappa shape index (κ1) is 18.7. The molecule has 1 atom stereocenters. The van der Waals surface area contributed by atoms with Crippen LogP contribution in [0.2, 0.25) is 0 Å². The highest BCUT2D eigenvalue weighted by atomic mass is 32.2. The molecule has 2 aliphatic rings. The van der Waals surface area contributed by atoms with Crippen LogP contribution in [0.4, 0.5) is 0 Å². The smallest absolute Gasteiger partial charge is 0.247 e. The first-order chi connectivity index (χ1) is 13.1. The van der Waals surface area contributed by atoms with Crippen LogP contribution in [0, 0.1) is 0 Å². The minimum atomic E-state index is -3.56. The lowest BCUT2D eigenvalue weighted by molar-refractivity contribution is 0.246. The average Bonchev–Trinajstić information content (AvgIpc) is 3.38. The van der Waals surface area contributed by atoms with Gasteiger partial charge in [0.1, 0.15) is 10.6 Å². The van der Waals surface area contributed by atoms with Gasteiger partial charge >= 0.3 is 0 Å². The van der Waals surface area contributed by atoms with Gasteiger partial charge in [0.2, 0.25) is 10.0 Å². The maximum absolute atomic E-state index is 13.7. The monoisotopic (exact) mass is 387 g/mol. The van der Waals surface area contributed by atoms with Gasteiger partial charge in [-0.25, -0.2) is 8.42 Å². The fraction of sp³-hybridized carbons (Fsp3) is 0.571. The van der Waals surface area contributed by atoms with Crippen molar-refractivity contribution in [2.75, 3.05) is 6.54 Å². The van der Waals surface area contributed by atoms with Gasteiger partial charge in [-0.2, -0.15) is 9.40 Å². The van der Waals surface area contributed by atoms with Crippen LogP contribution in [0.3, 0.4) is 0 Å². The molecule has 1 aliphatic heterocycles. The van der Waals surface area contributed by atoms with Crippen LogP contribution in [-0.2, 0) is 10.0 Å². The summed E-state index contributed by atoms with van der Waals surface area (Å²) < 4.78 is 31.0. The van der Waals surface area contributed by atoms with Gasteiger partial charge in [-0.15, -0.1) is 0 Å². The van der Waals surface area contributed by atoms with Crippen molar-refractivity contribution >= 4 is 10.0 Å². The molecule has 1 saturated heterocycles. The summed E-state index contributed by atoms with van der Waals surface area (Å²) in [5, 5.41) is 4.79. The number of piperidine rings is 1. The number of hydrogen-bond donors (Lipinski definition) is 0. The Balaban J connectivity index is 1.80. The predicted molar refractivity (Wildman–Crippen MR) is 107 cm³/mol. The summed E-state index contributed by atoms with van der Waals surface area (Å²) in [6, 6.07) is 10.2. The Bertz CT molecular complexity index is 870. The molecule has 146 valence electrons. The molecule has 2 aromatic rings. The van der Waals surface area contributed by atoms with Gasteiger partial charge in [0.05, 0.1) is 6.04 Å². The standard InChI is InChI=1S/C21H29N3O2S/c1-2-18-12-8-9-15-24(18)27(25,26)20-16-23(19-13-6-7-14-19)22-21(20)17-10-4-3-5-11-17/h3-5,10-11,16,18-19H,2,6-9,12-15H2,1H3. The summed E-state index contributed by atoms with van der Waals surface area (Å²) in [7, 11) is -3.56. The van der Waals surface area contributed by atoms with Crippen molar-refractivity contribution in [1.82, 2.24) is 14.1 Å². The third kappa shape index (κ3) is 3.57. The first-order valence-corrected chi connectivity index (χ1v) is 11.7.